The maximum Gasteiger partial charge on any atom is 0.222 e. The molecular weight excluding hydrogens is 438 g/mol. The minimum atomic E-state index is -1.61. The first kappa shape index (κ1) is 33.9. The van der Waals surface area contributed by atoms with Crippen molar-refractivity contribution in [2.45, 2.75) is 174 Å². The lowest BCUT2D eigenvalue weighted by Gasteiger charge is -2.35. The van der Waals surface area contributed by atoms with E-state index in [2.05, 4.69) is 24.5 Å². The van der Waals surface area contributed by atoms with Crippen molar-refractivity contribution in [2.24, 2.45) is 5.73 Å². The molecule has 0 aromatic carbocycles. The Morgan fingerprint density at radius 3 is 1.40 bits per heavy atom. The Hall–Kier alpha value is -1.14. The molecule has 0 bridgehead atoms. The molecule has 2 unspecified atom stereocenters. The number of amides is 2. The molecule has 35 heavy (non-hydrogen) atoms. The van der Waals surface area contributed by atoms with Gasteiger partial charge in [0.05, 0.1) is 0 Å². The molecule has 0 spiro atoms. The second-order valence-electron chi connectivity index (χ2n) is 10.4. The third-order valence-corrected chi connectivity index (χ3v) is 6.83. The summed E-state index contributed by atoms with van der Waals surface area (Å²) in [7, 11) is 0. The van der Waals surface area contributed by atoms with Crippen LogP contribution in [0.2, 0.25) is 0 Å². The van der Waals surface area contributed by atoms with E-state index in [1.165, 1.54) is 77.0 Å². The van der Waals surface area contributed by atoms with Crippen LogP contribution in [0, 0.1) is 0 Å². The summed E-state index contributed by atoms with van der Waals surface area (Å²) >= 11 is 0. The van der Waals surface area contributed by atoms with Crippen LogP contribution in [0.4, 0.5) is 0 Å². The molecule has 0 aliphatic heterocycles. The van der Waals surface area contributed by atoms with E-state index in [9.17, 15) is 14.7 Å². The smallest absolute Gasteiger partial charge is 0.222 e. The first-order valence-electron chi connectivity index (χ1n) is 15.0. The zero-order valence-electron chi connectivity index (χ0n) is 23.5. The fraction of sp³-hybridized carbons (Fsp3) is 0.931. The molecule has 2 atom stereocenters. The quantitative estimate of drug-likeness (QED) is 0.0819. The van der Waals surface area contributed by atoms with Gasteiger partial charge in [0.2, 0.25) is 11.8 Å². The Labute approximate surface area is 217 Å². The lowest BCUT2D eigenvalue weighted by atomic mass is 10.0. The van der Waals surface area contributed by atoms with Gasteiger partial charge < -0.3 is 21.5 Å². The van der Waals surface area contributed by atoms with E-state index in [1.807, 2.05) is 6.92 Å². The summed E-state index contributed by atoms with van der Waals surface area (Å²) in [6.07, 6.45) is 22.2. The van der Waals surface area contributed by atoms with Crippen molar-refractivity contribution in [3.05, 3.63) is 0 Å². The van der Waals surface area contributed by atoms with E-state index in [0.29, 0.717) is 25.7 Å². The molecule has 0 rings (SSSR count). The minimum Gasteiger partial charge on any atom is -0.368 e. The van der Waals surface area contributed by atoms with Crippen molar-refractivity contribution in [1.82, 2.24) is 10.6 Å². The standard InChI is InChI=1S/C29H59N3O3/c1-4-7-9-11-13-15-17-19-21-23-26(33)31-28(30)29(35,25-6-3)32-27(34)24-22-20-18-16-14-12-10-8-5-2/h28,35H,4-25,30H2,1-3H3,(H,31,33)(H,32,34). The van der Waals surface area contributed by atoms with Crippen molar-refractivity contribution in [3.8, 4) is 0 Å². The van der Waals surface area contributed by atoms with Gasteiger partial charge in [0.25, 0.3) is 0 Å². The van der Waals surface area contributed by atoms with E-state index >= 15 is 0 Å². The molecule has 0 aromatic heterocycles. The third-order valence-electron chi connectivity index (χ3n) is 6.83. The summed E-state index contributed by atoms with van der Waals surface area (Å²) in [4.78, 5) is 24.8. The van der Waals surface area contributed by atoms with Crippen molar-refractivity contribution >= 4 is 11.8 Å². The van der Waals surface area contributed by atoms with Gasteiger partial charge in [0, 0.05) is 12.8 Å². The number of carbonyl (C=O) groups excluding carboxylic acids is 2. The number of hydrogen-bond acceptors (Lipinski definition) is 4. The average Bonchev–Trinajstić information content (AvgIpc) is 2.82. The molecule has 6 nitrogen and oxygen atoms in total. The molecule has 5 N–H and O–H groups in total. The summed E-state index contributed by atoms with van der Waals surface area (Å²) in [6.45, 7) is 6.38. The van der Waals surface area contributed by atoms with Crippen LogP contribution in [0.5, 0.6) is 0 Å². The van der Waals surface area contributed by atoms with E-state index < -0.39 is 11.9 Å². The number of rotatable bonds is 25. The number of aliphatic hydroxyl groups is 1. The highest BCUT2D eigenvalue weighted by Crippen LogP contribution is 2.15. The van der Waals surface area contributed by atoms with Gasteiger partial charge in [-0.2, -0.15) is 0 Å². The predicted octanol–water partition coefficient (Wildman–Crippen LogP) is 6.83. The van der Waals surface area contributed by atoms with Crippen molar-refractivity contribution < 1.29 is 14.7 Å². The number of carbonyl (C=O) groups is 2. The van der Waals surface area contributed by atoms with Crippen LogP contribution in [0.25, 0.3) is 0 Å². The predicted molar refractivity (Wildman–Crippen MR) is 148 cm³/mol. The summed E-state index contributed by atoms with van der Waals surface area (Å²) in [5.74, 6) is -0.365. The molecular formula is C29H59N3O3. The number of nitrogens with one attached hydrogen (secondary N) is 2. The maximum absolute atomic E-state index is 12.4. The van der Waals surface area contributed by atoms with Gasteiger partial charge in [-0.1, -0.05) is 130 Å². The lowest BCUT2D eigenvalue weighted by molar-refractivity contribution is -0.135. The van der Waals surface area contributed by atoms with Crippen molar-refractivity contribution in [2.75, 3.05) is 0 Å². The first-order chi connectivity index (χ1) is 16.9. The van der Waals surface area contributed by atoms with E-state index in [0.717, 1.165) is 38.5 Å². The molecule has 0 saturated carbocycles. The number of hydrogen-bond donors (Lipinski definition) is 4. The monoisotopic (exact) mass is 497 g/mol. The van der Waals surface area contributed by atoms with Crippen LogP contribution in [-0.4, -0.2) is 28.8 Å². The van der Waals surface area contributed by atoms with Crippen LogP contribution in [-0.2, 0) is 9.59 Å². The molecule has 0 aliphatic rings. The highest BCUT2D eigenvalue weighted by atomic mass is 16.3. The van der Waals surface area contributed by atoms with Gasteiger partial charge >= 0.3 is 0 Å². The Morgan fingerprint density at radius 1 is 0.629 bits per heavy atom. The average molecular weight is 498 g/mol. The fourth-order valence-corrected chi connectivity index (χ4v) is 4.54. The normalized spacial score (nSPS) is 13.9. The molecule has 6 heteroatoms. The SMILES string of the molecule is CCCCCCCCCCCC(=O)NC(N)C(O)(CCC)NC(=O)CCCCCCCCCCC. The molecule has 0 fully saturated rings. The molecule has 0 saturated heterocycles. The Bertz CT molecular complexity index is 515. The van der Waals surface area contributed by atoms with Gasteiger partial charge in [-0.05, 0) is 19.3 Å². The first-order valence-corrected chi connectivity index (χ1v) is 15.0. The van der Waals surface area contributed by atoms with Gasteiger partial charge in [-0.3, -0.25) is 9.59 Å². The van der Waals surface area contributed by atoms with Crippen LogP contribution in [0.3, 0.4) is 0 Å². The van der Waals surface area contributed by atoms with Crippen molar-refractivity contribution in [3.63, 3.8) is 0 Å². The number of unbranched alkanes of at least 4 members (excludes halogenated alkanes) is 16. The molecule has 0 radical (unpaired) electrons. The second kappa shape index (κ2) is 23.3. The molecule has 208 valence electrons. The largest absolute Gasteiger partial charge is 0.368 e. The topological polar surface area (TPSA) is 104 Å². The zero-order chi connectivity index (χ0) is 26.2. The molecule has 0 aliphatic carbocycles. The summed E-state index contributed by atoms with van der Waals surface area (Å²) in [6, 6.07) is 0. The van der Waals surface area contributed by atoms with Crippen LogP contribution in [0.1, 0.15) is 162 Å². The van der Waals surface area contributed by atoms with Gasteiger partial charge in [0.15, 0.2) is 5.72 Å². The minimum absolute atomic E-state index is 0.164. The fourth-order valence-electron chi connectivity index (χ4n) is 4.54. The van der Waals surface area contributed by atoms with Crippen molar-refractivity contribution in [1.29, 1.82) is 0 Å². The summed E-state index contributed by atoms with van der Waals surface area (Å²) in [5.41, 5.74) is 4.53. The van der Waals surface area contributed by atoms with Crippen LogP contribution in [0.15, 0.2) is 0 Å². The summed E-state index contributed by atoms with van der Waals surface area (Å²) in [5, 5.41) is 16.4. The van der Waals surface area contributed by atoms with Crippen LogP contribution >= 0.6 is 0 Å². The van der Waals surface area contributed by atoms with E-state index in [1.54, 1.807) is 0 Å². The Kier molecular flexibility index (Phi) is 22.5. The van der Waals surface area contributed by atoms with Gasteiger partial charge in [0.1, 0.15) is 6.17 Å². The Balaban J connectivity index is 4.11. The van der Waals surface area contributed by atoms with Crippen LogP contribution < -0.4 is 16.4 Å². The van der Waals surface area contributed by atoms with Gasteiger partial charge in [-0.15, -0.1) is 0 Å². The summed E-state index contributed by atoms with van der Waals surface area (Å²) < 4.78 is 0. The van der Waals surface area contributed by atoms with Gasteiger partial charge in [-0.25, -0.2) is 0 Å². The molecule has 0 aromatic rings. The molecule has 0 heterocycles. The number of nitrogens with two attached hydrogens (primary N) is 1. The highest BCUT2D eigenvalue weighted by Gasteiger charge is 2.36. The van der Waals surface area contributed by atoms with E-state index in [4.69, 9.17) is 5.73 Å². The highest BCUT2D eigenvalue weighted by molar-refractivity contribution is 5.78. The zero-order valence-corrected chi connectivity index (χ0v) is 23.5. The molecule has 2 amide bonds. The second-order valence-corrected chi connectivity index (χ2v) is 10.4. The Morgan fingerprint density at radius 2 is 1.00 bits per heavy atom. The third kappa shape index (κ3) is 19.7. The van der Waals surface area contributed by atoms with E-state index in [-0.39, 0.29) is 11.8 Å². The lowest BCUT2D eigenvalue weighted by Crippen LogP contribution is -2.66. The maximum atomic E-state index is 12.4.